The van der Waals surface area contributed by atoms with E-state index in [1.54, 1.807) is 13.2 Å². The van der Waals surface area contributed by atoms with Gasteiger partial charge in [0.15, 0.2) is 0 Å². The molecule has 0 radical (unpaired) electrons. The first-order valence-corrected chi connectivity index (χ1v) is 12.9. The summed E-state index contributed by atoms with van der Waals surface area (Å²) in [5.41, 5.74) is 17.1. The van der Waals surface area contributed by atoms with Gasteiger partial charge in [-0.15, -0.1) is 0 Å². The number of hydrogen-bond acceptors (Lipinski definition) is 8. The Morgan fingerprint density at radius 2 is 2.03 bits per heavy atom. The minimum Gasteiger partial charge on any atom is -0.489 e. The number of ether oxygens (including phenoxy) is 1. The number of rotatable bonds is 9. The average Bonchev–Trinajstić information content (AvgIpc) is 3.68. The number of allylic oxidation sites excluding steroid dienone is 1. The first-order valence-electron chi connectivity index (χ1n) is 12.9. The number of benzene rings is 2. The largest absolute Gasteiger partial charge is 0.489 e. The van der Waals surface area contributed by atoms with E-state index in [1.165, 1.54) is 10.6 Å². The molecule has 0 aromatic heterocycles. The normalized spacial score (nSPS) is 22.3. The van der Waals surface area contributed by atoms with Crippen molar-refractivity contribution in [3.05, 3.63) is 82.8 Å². The lowest BCUT2D eigenvalue weighted by Crippen LogP contribution is -2.32. The van der Waals surface area contributed by atoms with Crippen LogP contribution in [0.25, 0.3) is 0 Å². The summed E-state index contributed by atoms with van der Waals surface area (Å²) in [4.78, 5) is 19.2. The van der Waals surface area contributed by atoms with Gasteiger partial charge in [0.25, 0.3) is 0 Å². The highest BCUT2D eigenvalue weighted by molar-refractivity contribution is 6.21. The highest BCUT2D eigenvalue weighted by Gasteiger charge is 2.45. The van der Waals surface area contributed by atoms with Crippen molar-refractivity contribution >= 4 is 17.4 Å². The molecular formula is C29H38N6O3. The number of aliphatic imine (C=N–C) groups is 1. The van der Waals surface area contributed by atoms with E-state index in [4.69, 9.17) is 27.0 Å². The van der Waals surface area contributed by atoms with Crippen molar-refractivity contribution in [3.8, 4) is 5.75 Å². The van der Waals surface area contributed by atoms with E-state index in [0.717, 1.165) is 49.1 Å². The lowest BCUT2D eigenvalue weighted by atomic mass is 10.0. The third kappa shape index (κ3) is 6.35. The van der Waals surface area contributed by atoms with E-state index in [-0.39, 0.29) is 23.5 Å². The van der Waals surface area contributed by atoms with E-state index >= 15 is 0 Å². The molecule has 3 atom stereocenters. The smallest absolute Gasteiger partial charge is 0.339 e. The van der Waals surface area contributed by atoms with Crippen LogP contribution in [0.2, 0.25) is 0 Å². The van der Waals surface area contributed by atoms with Crippen LogP contribution in [0.3, 0.4) is 0 Å². The van der Waals surface area contributed by atoms with Gasteiger partial charge in [0, 0.05) is 62.2 Å². The predicted molar refractivity (Wildman–Crippen MR) is 149 cm³/mol. The van der Waals surface area contributed by atoms with Gasteiger partial charge in [-0.05, 0) is 49.1 Å². The maximum absolute atomic E-state index is 12.0. The SMILES string of the molecule is CC[C@@H]1CN(Cc2cc(N=C(C(=CN)C(=O)O)[C@@H]3CC3/C(N)=C/N(C)N)ccc2C)Cc2ccccc2O1. The molecule has 1 aliphatic heterocycles. The molecule has 7 N–H and O–H groups in total. The van der Waals surface area contributed by atoms with Gasteiger partial charge in [0.1, 0.15) is 11.9 Å². The van der Waals surface area contributed by atoms with Crippen LogP contribution >= 0.6 is 0 Å². The van der Waals surface area contributed by atoms with Crippen LogP contribution in [0.5, 0.6) is 5.75 Å². The van der Waals surface area contributed by atoms with Crippen molar-refractivity contribution in [2.24, 2.45) is 34.1 Å². The van der Waals surface area contributed by atoms with Gasteiger partial charge in [0.2, 0.25) is 0 Å². The zero-order chi connectivity index (χ0) is 27.4. The molecule has 1 saturated carbocycles. The van der Waals surface area contributed by atoms with Gasteiger partial charge >= 0.3 is 5.97 Å². The number of aliphatic carboxylic acids is 1. The molecule has 1 fully saturated rings. The van der Waals surface area contributed by atoms with Gasteiger partial charge in [-0.2, -0.15) is 0 Å². The van der Waals surface area contributed by atoms with Crippen LogP contribution in [-0.4, -0.2) is 46.4 Å². The Morgan fingerprint density at radius 3 is 2.71 bits per heavy atom. The fraction of sp³-hybridized carbons (Fsp3) is 0.379. The molecule has 1 aliphatic carbocycles. The minimum absolute atomic E-state index is 0.0133. The Morgan fingerprint density at radius 1 is 1.26 bits per heavy atom. The molecule has 9 nitrogen and oxygen atoms in total. The topological polar surface area (TPSA) is 143 Å². The summed E-state index contributed by atoms with van der Waals surface area (Å²) in [6.07, 6.45) is 4.47. The van der Waals surface area contributed by atoms with Gasteiger partial charge < -0.3 is 26.3 Å². The average molecular weight is 519 g/mol. The zero-order valence-corrected chi connectivity index (χ0v) is 22.3. The van der Waals surface area contributed by atoms with Crippen LogP contribution in [0.15, 0.2) is 71.1 Å². The molecule has 2 aromatic carbocycles. The molecule has 38 heavy (non-hydrogen) atoms. The lowest BCUT2D eigenvalue weighted by molar-refractivity contribution is -0.132. The number of carboxylic acids is 1. The molecular weight excluding hydrogens is 480 g/mol. The summed E-state index contributed by atoms with van der Waals surface area (Å²) in [6.45, 7) is 6.55. The first-order chi connectivity index (χ1) is 18.2. The van der Waals surface area contributed by atoms with Crippen molar-refractivity contribution in [1.82, 2.24) is 9.91 Å². The van der Waals surface area contributed by atoms with Gasteiger partial charge in [0.05, 0.1) is 17.0 Å². The molecule has 0 amide bonds. The van der Waals surface area contributed by atoms with Crippen LogP contribution in [0.1, 0.15) is 36.5 Å². The van der Waals surface area contributed by atoms with Crippen LogP contribution in [0, 0.1) is 18.8 Å². The second kappa shape index (κ2) is 11.7. The Hall–Kier alpha value is -3.82. The molecule has 2 aromatic rings. The third-order valence-corrected chi connectivity index (χ3v) is 7.15. The Kier molecular flexibility index (Phi) is 8.38. The van der Waals surface area contributed by atoms with Crippen molar-refractivity contribution < 1.29 is 14.6 Å². The molecule has 1 unspecified atom stereocenters. The Bertz CT molecular complexity index is 1270. The monoisotopic (exact) mass is 518 g/mol. The number of aryl methyl sites for hydroxylation is 1. The van der Waals surface area contributed by atoms with Crippen molar-refractivity contribution in [2.45, 2.75) is 45.9 Å². The second-order valence-corrected chi connectivity index (χ2v) is 10.2. The van der Waals surface area contributed by atoms with E-state index in [0.29, 0.717) is 23.5 Å². The molecule has 202 valence electrons. The number of carboxylic acid groups (broad SMARTS) is 1. The summed E-state index contributed by atoms with van der Waals surface area (Å²) in [5, 5.41) is 11.2. The van der Waals surface area contributed by atoms with Gasteiger partial charge in [-0.3, -0.25) is 9.89 Å². The molecule has 9 heteroatoms. The number of para-hydroxylation sites is 1. The Balaban J connectivity index is 1.63. The predicted octanol–water partition coefficient (Wildman–Crippen LogP) is 3.41. The number of carbonyl (C=O) groups is 1. The molecule has 0 spiro atoms. The van der Waals surface area contributed by atoms with Gasteiger partial charge in [-0.25, -0.2) is 10.6 Å². The molecule has 4 rings (SSSR count). The van der Waals surface area contributed by atoms with Crippen molar-refractivity contribution in [2.75, 3.05) is 13.6 Å². The third-order valence-electron chi connectivity index (χ3n) is 7.15. The van der Waals surface area contributed by atoms with Crippen LogP contribution in [0.4, 0.5) is 5.69 Å². The number of nitrogens with zero attached hydrogens (tertiary/aromatic N) is 3. The number of nitrogens with two attached hydrogens (primary N) is 3. The van der Waals surface area contributed by atoms with E-state index in [1.807, 2.05) is 36.4 Å². The lowest BCUT2D eigenvalue weighted by Gasteiger charge is -2.24. The quantitative estimate of drug-likeness (QED) is 0.171. The number of hydrogen-bond donors (Lipinski definition) is 4. The fourth-order valence-corrected chi connectivity index (χ4v) is 4.98. The Labute approximate surface area is 224 Å². The standard InChI is InChI=1S/C29H38N6O3/c1-4-22-16-35(14-19-7-5-6-8-27(19)38-22)15-20-11-21(10-9-18(20)2)33-28(25(13-30)29(36)37)24-12-23(24)26(31)17-34(3)32/h5-11,13,17,22-24H,4,12,14-16,30-32H2,1-3H3,(H,36,37)/b25-13?,26-17-,33-28?/t22-,23?,24-/m1/s1. The maximum Gasteiger partial charge on any atom is 0.339 e. The fourth-order valence-electron chi connectivity index (χ4n) is 4.98. The summed E-state index contributed by atoms with van der Waals surface area (Å²) in [7, 11) is 1.69. The summed E-state index contributed by atoms with van der Waals surface area (Å²) < 4.78 is 6.27. The van der Waals surface area contributed by atoms with Crippen LogP contribution in [-0.2, 0) is 17.9 Å². The molecule has 0 saturated heterocycles. The zero-order valence-electron chi connectivity index (χ0n) is 22.3. The molecule has 2 aliphatic rings. The van der Waals surface area contributed by atoms with E-state index in [2.05, 4.69) is 24.8 Å². The molecule has 0 bridgehead atoms. The minimum atomic E-state index is -1.11. The highest BCUT2D eigenvalue weighted by Crippen LogP contribution is 2.45. The number of hydrazine groups is 1. The first kappa shape index (κ1) is 27.2. The summed E-state index contributed by atoms with van der Waals surface area (Å²) in [6, 6.07) is 14.2. The second-order valence-electron chi connectivity index (χ2n) is 10.2. The maximum atomic E-state index is 12.0. The summed E-state index contributed by atoms with van der Waals surface area (Å²) in [5.74, 6) is 5.36. The van der Waals surface area contributed by atoms with Crippen LogP contribution < -0.4 is 22.0 Å². The highest BCUT2D eigenvalue weighted by atomic mass is 16.5. The van der Waals surface area contributed by atoms with Crippen molar-refractivity contribution in [1.29, 1.82) is 0 Å². The summed E-state index contributed by atoms with van der Waals surface area (Å²) >= 11 is 0. The molecule has 1 heterocycles. The van der Waals surface area contributed by atoms with E-state index < -0.39 is 5.97 Å². The number of fused-ring (bicyclic) bond motifs is 1. The van der Waals surface area contributed by atoms with Gasteiger partial charge in [-0.1, -0.05) is 31.2 Å². The van der Waals surface area contributed by atoms with E-state index in [9.17, 15) is 9.90 Å². The van der Waals surface area contributed by atoms with Crippen molar-refractivity contribution in [3.63, 3.8) is 0 Å².